The van der Waals surface area contributed by atoms with Crippen LogP contribution < -0.4 is 9.47 Å². The van der Waals surface area contributed by atoms with Gasteiger partial charge >= 0.3 is 5.97 Å². The van der Waals surface area contributed by atoms with Gasteiger partial charge in [0.25, 0.3) is 0 Å². The average molecular weight is 379 g/mol. The number of nitrogens with zero attached hydrogens (tertiary/aromatic N) is 1. The molecule has 0 amide bonds. The fourth-order valence-corrected chi connectivity index (χ4v) is 4.38. The zero-order chi connectivity index (χ0) is 19.7. The summed E-state index contributed by atoms with van der Waals surface area (Å²) >= 11 is 0. The van der Waals surface area contributed by atoms with Gasteiger partial charge in [0.2, 0.25) is 0 Å². The molecule has 0 aromatic heterocycles. The number of fused-ring (bicyclic) bond motifs is 3. The first-order valence-electron chi connectivity index (χ1n) is 9.69. The second-order valence-corrected chi connectivity index (χ2v) is 7.30. The lowest BCUT2D eigenvalue weighted by Crippen LogP contribution is -2.29. The fourth-order valence-electron chi connectivity index (χ4n) is 4.38. The quantitative estimate of drug-likeness (QED) is 0.741. The van der Waals surface area contributed by atoms with Crippen LogP contribution in [0.2, 0.25) is 0 Å². The standard InChI is InChI=1S/C23H25NO4/c1-26-20-12-17-16-6-4-5-7-19(16)24-22(18(17)13-21(20)27-2)14-8-10-15(11-9-14)23(25)28-3/h8-13,16,19H,4-7H2,1-3H3/t16-,19-/m1/s1. The first kappa shape index (κ1) is 18.5. The molecule has 0 spiro atoms. The third-order valence-electron chi connectivity index (χ3n) is 5.81. The van der Waals surface area contributed by atoms with Gasteiger partial charge in [0.05, 0.1) is 38.6 Å². The summed E-state index contributed by atoms with van der Waals surface area (Å²) in [4.78, 5) is 16.9. The van der Waals surface area contributed by atoms with E-state index in [4.69, 9.17) is 19.2 Å². The Morgan fingerprint density at radius 3 is 2.32 bits per heavy atom. The fraction of sp³-hybridized carbons (Fsp3) is 0.391. The Balaban J connectivity index is 1.83. The number of ether oxygens (including phenoxy) is 3. The molecule has 1 heterocycles. The summed E-state index contributed by atoms with van der Waals surface area (Å²) < 4.78 is 15.9. The molecule has 1 saturated carbocycles. The maximum Gasteiger partial charge on any atom is 0.337 e. The molecule has 5 nitrogen and oxygen atoms in total. The highest BCUT2D eigenvalue weighted by Crippen LogP contribution is 2.44. The van der Waals surface area contributed by atoms with Crippen LogP contribution >= 0.6 is 0 Å². The summed E-state index contributed by atoms with van der Waals surface area (Å²) in [5.74, 6) is 1.54. The summed E-state index contributed by atoms with van der Waals surface area (Å²) in [5, 5.41) is 0. The van der Waals surface area contributed by atoms with Gasteiger partial charge in [-0.3, -0.25) is 4.99 Å². The number of benzene rings is 2. The third-order valence-corrected chi connectivity index (χ3v) is 5.81. The average Bonchev–Trinajstić information content (AvgIpc) is 2.77. The Labute approximate surface area is 165 Å². The van der Waals surface area contributed by atoms with Crippen molar-refractivity contribution in [2.45, 2.75) is 37.6 Å². The van der Waals surface area contributed by atoms with E-state index < -0.39 is 0 Å². The van der Waals surface area contributed by atoms with Crippen LogP contribution in [0.5, 0.6) is 11.5 Å². The van der Waals surface area contributed by atoms with Crippen LogP contribution in [0, 0.1) is 0 Å². The monoisotopic (exact) mass is 379 g/mol. The van der Waals surface area contributed by atoms with Gasteiger partial charge in [0.15, 0.2) is 11.5 Å². The van der Waals surface area contributed by atoms with Crippen LogP contribution in [0.15, 0.2) is 41.4 Å². The normalized spacial score (nSPS) is 20.5. The Morgan fingerprint density at radius 1 is 0.964 bits per heavy atom. The van der Waals surface area contributed by atoms with Crippen molar-refractivity contribution in [2.24, 2.45) is 4.99 Å². The minimum atomic E-state index is -0.337. The molecule has 0 unspecified atom stereocenters. The molecule has 1 fully saturated rings. The van der Waals surface area contributed by atoms with E-state index in [0.717, 1.165) is 35.4 Å². The van der Waals surface area contributed by atoms with Crippen molar-refractivity contribution >= 4 is 11.7 Å². The molecule has 2 atom stereocenters. The second kappa shape index (κ2) is 7.66. The van der Waals surface area contributed by atoms with E-state index in [1.54, 1.807) is 26.4 Å². The lowest BCUT2D eigenvalue weighted by molar-refractivity contribution is 0.0600. The smallest absolute Gasteiger partial charge is 0.337 e. The molecule has 0 radical (unpaired) electrons. The van der Waals surface area contributed by atoms with Crippen LogP contribution in [-0.4, -0.2) is 39.1 Å². The second-order valence-electron chi connectivity index (χ2n) is 7.30. The third kappa shape index (κ3) is 3.15. The highest BCUT2D eigenvalue weighted by molar-refractivity contribution is 6.15. The molecule has 1 aliphatic carbocycles. The van der Waals surface area contributed by atoms with Gasteiger partial charge in [0.1, 0.15) is 0 Å². The van der Waals surface area contributed by atoms with E-state index in [-0.39, 0.29) is 12.0 Å². The van der Waals surface area contributed by atoms with Crippen molar-refractivity contribution in [3.63, 3.8) is 0 Å². The molecular formula is C23H25NO4. The van der Waals surface area contributed by atoms with E-state index >= 15 is 0 Å². The van der Waals surface area contributed by atoms with Crippen LogP contribution in [0.4, 0.5) is 0 Å². The zero-order valence-electron chi connectivity index (χ0n) is 16.5. The van der Waals surface area contributed by atoms with Gasteiger partial charge in [-0.25, -0.2) is 4.79 Å². The number of aliphatic imine (C=N–C) groups is 1. The van der Waals surface area contributed by atoms with Crippen LogP contribution in [0.3, 0.4) is 0 Å². The molecule has 2 aliphatic rings. The maximum atomic E-state index is 11.8. The van der Waals surface area contributed by atoms with E-state index in [1.165, 1.54) is 25.5 Å². The number of carbonyl (C=O) groups excluding carboxylic acids is 1. The molecular weight excluding hydrogens is 354 g/mol. The largest absolute Gasteiger partial charge is 0.493 e. The van der Waals surface area contributed by atoms with Crippen LogP contribution in [0.1, 0.15) is 58.6 Å². The molecule has 0 bridgehead atoms. The van der Waals surface area contributed by atoms with Crippen LogP contribution in [0.25, 0.3) is 0 Å². The molecule has 4 rings (SSSR count). The predicted octanol–water partition coefficient (Wildman–Crippen LogP) is 4.37. The van der Waals surface area contributed by atoms with E-state index in [1.807, 2.05) is 18.2 Å². The zero-order valence-corrected chi connectivity index (χ0v) is 16.5. The van der Waals surface area contributed by atoms with Crippen molar-refractivity contribution < 1.29 is 19.0 Å². The number of methoxy groups -OCH3 is 3. The number of carbonyl (C=O) groups is 1. The summed E-state index contributed by atoms with van der Waals surface area (Å²) in [7, 11) is 4.71. The van der Waals surface area contributed by atoms with Crippen LogP contribution in [-0.2, 0) is 4.74 Å². The Morgan fingerprint density at radius 2 is 1.64 bits per heavy atom. The Kier molecular flexibility index (Phi) is 5.07. The van der Waals surface area contributed by atoms with Gasteiger partial charge in [-0.2, -0.15) is 0 Å². The summed E-state index contributed by atoms with van der Waals surface area (Å²) in [6, 6.07) is 11.9. The number of esters is 1. The number of rotatable bonds is 4. The molecule has 0 saturated heterocycles. The topological polar surface area (TPSA) is 57.1 Å². The van der Waals surface area contributed by atoms with Crippen molar-refractivity contribution in [2.75, 3.05) is 21.3 Å². The Bertz CT molecular complexity index is 917. The molecule has 2 aromatic carbocycles. The minimum absolute atomic E-state index is 0.287. The van der Waals surface area contributed by atoms with Crippen molar-refractivity contribution in [1.29, 1.82) is 0 Å². The van der Waals surface area contributed by atoms with E-state index in [2.05, 4.69) is 6.07 Å². The van der Waals surface area contributed by atoms with Gasteiger partial charge in [-0.05, 0) is 42.7 Å². The molecule has 1 aliphatic heterocycles. The first-order valence-corrected chi connectivity index (χ1v) is 9.69. The molecule has 146 valence electrons. The van der Waals surface area contributed by atoms with Gasteiger partial charge in [-0.15, -0.1) is 0 Å². The van der Waals surface area contributed by atoms with Gasteiger partial charge in [-0.1, -0.05) is 25.0 Å². The van der Waals surface area contributed by atoms with E-state index in [0.29, 0.717) is 17.2 Å². The van der Waals surface area contributed by atoms with E-state index in [9.17, 15) is 4.79 Å². The summed E-state index contributed by atoms with van der Waals surface area (Å²) in [6.07, 6.45) is 4.68. The summed E-state index contributed by atoms with van der Waals surface area (Å²) in [5.41, 5.74) is 4.85. The van der Waals surface area contributed by atoms with Crippen molar-refractivity contribution in [1.82, 2.24) is 0 Å². The van der Waals surface area contributed by atoms with Crippen molar-refractivity contribution in [3.8, 4) is 11.5 Å². The molecule has 0 N–H and O–H groups in total. The van der Waals surface area contributed by atoms with Crippen molar-refractivity contribution in [3.05, 3.63) is 58.7 Å². The Hall–Kier alpha value is -2.82. The molecule has 28 heavy (non-hydrogen) atoms. The highest BCUT2D eigenvalue weighted by Gasteiger charge is 2.34. The molecule has 5 heteroatoms. The molecule has 2 aromatic rings. The number of hydrogen-bond acceptors (Lipinski definition) is 5. The minimum Gasteiger partial charge on any atom is -0.493 e. The maximum absolute atomic E-state index is 11.8. The number of hydrogen-bond donors (Lipinski definition) is 0. The van der Waals surface area contributed by atoms with Gasteiger partial charge in [0, 0.05) is 17.0 Å². The lowest BCUT2D eigenvalue weighted by atomic mass is 9.75. The van der Waals surface area contributed by atoms with Gasteiger partial charge < -0.3 is 14.2 Å². The first-order chi connectivity index (χ1) is 13.7. The lowest BCUT2D eigenvalue weighted by Gasteiger charge is -2.35. The predicted molar refractivity (Wildman–Crippen MR) is 108 cm³/mol. The highest BCUT2D eigenvalue weighted by atomic mass is 16.5. The SMILES string of the molecule is COC(=O)c1ccc(C2=N[C@@H]3CCCC[C@@H]3c3cc(OC)c(OC)cc32)cc1. The summed E-state index contributed by atoms with van der Waals surface area (Å²) in [6.45, 7) is 0.